The van der Waals surface area contributed by atoms with Gasteiger partial charge in [0.25, 0.3) is 5.91 Å². The van der Waals surface area contributed by atoms with Crippen molar-refractivity contribution in [2.75, 3.05) is 37.4 Å². The SMILES string of the molecule is CN(C)[C@@H](CNc1ccc(C(=O)N2CCc3ccccc32)cn1)c1ccco1. The zero-order chi connectivity index (χ0) is 19.5. The van der Waals surface area contributed by atoms with Gasteiger partial charge in [-0.25, -0.2) is 4.98 Å². The molecule has 6 nitrogen and oxygen atoms in total. The van der Waals surface area contributed by atoms with E-state index in [1.807, 2.05) is 61.5 Å². The Bertz CT molecular complexity index is 935. The summed E-state index contributed by atoms with van der Waals surface area (Å²) in [5.41, 5.74) is 2.81. The zero-order valence-electron chi connectivity index (χ0n) is 16.1. The summed E-state index contributed by atoms with van der Waals surface area (Å²) in [5.74, 6) is 1.62. The lowest BCUT2D eigenvalue weighted by atomic mass is 10.2. The number of hydrogen-bond donors (Lipinski definition) is 1. The van der Waals surface area contributed by atoms with Crippen molar-refractivity contribution in [2.24, 2.45) is 0 Å². The average molecular weight is 376 g/mol. The number of likely N-dealkylation sites (N-methyl/N-ethyl adjacent to an activating group) is 1. The van der Waals surface area contributed by atoms with E-state index in [0.717, 1.165) is 23.7 Å². The monoisotopic (exact) mass is 376 g/mol. The van der Waals surface area contributed by atoms with Crippen LogP contribution in [-0.4, -0.2) is 43.0 Å². The van der Waals surface area contributed by atoms with Gasteiger partial charge in [-0.2, -0.15) is 0 Å². The number of aromatic nitrogens is 1. The van der Waals surface area contributed by atoms with E-state index < -0.39 is 0 Å². The van der Waals surface area contributed by atoms with Gasteiger partial charge in [0.2, 0.25) is 0 Å². The van der Waals surface area contributed by atoms with Crippen LogP contribution in [0.5, 0.6) is 0 Å². The van der Waals surface area contributed by atoms with Crippen molar-refractivity contribution in [3.63, 3.8) is 0 Å². The second kappa shape index (κ2) is 7.86. The lowest BCUT2D eigenvalue weighted by molar-refractivity contribution is 0.0989. The van der Waals surface area contributed by atoms with Crippen LogP contribution in [0.25, 0.3) is 0 Å². The fourth-order valence-corrected chi connectivity index (χ4v) is 3.55. The van der Waals surface area contributed by atoms with Crippen LogP contribution >= 0.6 is 0 Å². The molecule has 0 bridgehead atoms. The number of hydrogen-bond acceptors (Lipinski definition) is 5. The number of benzene rings is 1. The van der Waals surface area contributed by atoms with Gasteiger partial charge in [-0.05, 0) is 56.4 Å². The number of fused-ring (bicyclic) bond motifs is 1. The van der Waals surface area contributed by atoms with E-state index in [-0.39, 0.29) is 11.9 Å². The molecule has 4 rings (SSSR count). The standard InChI is InChI=1S/C22H24N4O2/c1-25(2)19(20-8-5-13-28-20)15-24-21-10-9-17(14-23-21)22(27)26-12-11-16-6-3-4-7-18(16)26/h3-10,13-14,19H,11-12,15H2,1-2H3,(H,23,24)/t19-/m0/s1. The summed E-state index contributed by atoms with van der Waals surface area (Å²) in [6.07, 6.45) is 4.22. The van der Waals surface area contributed by atoms with E-state index in [2.05, 4.69) is 21.3 Å². The third-order valence-electron chi connectivity index (χ3n) is 5.11. The van der Waals surface area contributed by atoms with E-state index in [9.17, 15) is 4.79 Å². The molecule has 1 aromatic carbocycles. The number of nitrogens with zero attached hydrogens (tertiary/aromatic N) is 3. The highest BCUT2D eigenvalue weighted by molar-refractivity contribution is 6.07. The highest BCUT2D eigenvalue weighted by Crippen LogP contribution is 2.29. The molecule has 3 heterocycles. The molecule has 1 amide bonds. The molecule has 1 aliphatic heterocycles. The molecule has 0 unspecified atom stereocenters. The summed E-state index contributed by atoms with van der Waals surface area (Å²) in [7, 11) is 4.02. The second-order valence-electron chi connectivity index (χ2n) is 7.14. The van der Waals surface area contributed by atoms with Crippen molar-refractivity contribution in [2.45, 2.75) is 12.5 Å². The molecule has 1 aliphatic rings. The van der Waals surface area contributed by atoms with Gasteiger partial charge in [-0.3, -0.25) is 9.69 Å². The highest BCUT2D eigenvalue weighted by atomic mass is 16.3. The summed E-state index contributed by atoms with van der Waals surface area (Å²) in [5, 5.41) is 3.33. The molecule has 2 aromatic heterocycles. The molecule has 1 atom stereocenters. The maximum Gasteiger partial charge on any atom is 0.259 e. The van der Waals surface area contributed by atoms with Crippen LogP contribution in [0.3, 0.4) is 0 Å². The molecular formula is C22H24N4O2. The van der Waals surface area contributed by atoms with Gasteiger partial charge in [0.15, 0.2) is 0 Å². The zero-order valence-corrected chi connectivity index (χ0v) is 16.1. The molecule has 28 heavy (non-hydrogen) atoms. The summed E-state index contributed by atoms with van der Waals surface area (Å²) in [4.78, 5) is 21.2. The van der Waals surface area contributed by atoms with Crippen LogP contribution in [0.1, 0.15) is 27.7 Å². The molecule has 0 radical (unpaired) electrons. The first kappa shape index (κ1) is 18.3. The van der Waals surface area contributed by atoms with Crippen LogP contribution in [0.15, 0.2) is 65.4 Å². The number of rotatable bonds is 6. The predicted molar refractivity (Wildman–Crippen MR) is 110 cm³/mol. The molecule has 144 valence electrons. The molecule has 0 saturated carbocycles. The number of amides is 1. The Morgan fingerprint density at radius 2 is 2.07 bits per heavy atom. The Kier molecular flexibility index (Phi) is 5.12. The van der Waals surface area contributed by atoms with Crippen LogP contribution < -0.4 is 10.2 Å². The van der Waals surface area contributed by atoms with Crippen LogP contribution in [0.2, 0.25) is 0 Å². The van der Waals surface area contributed by atoms with E-state index in [0.29, 0.717) is 18.7 Å². The van der Waals surface area contributed by atoms with E-state index >= 15 is 0 Å². The van der Waals surface area contributed by atoms with Crippen molar-refractivity contribution >= 4 is 17.4 Å². The van der Waals surface area contributed by atoms with Gasteiger partial charge in [0, 0.05) is 25.0 Å². The van der Waals surface area contributed by atoms with Gasteiger partial charge in [-0.1, -0.05) is 18.2 Å². The number of furan rings is 1. The highest BCUT2D eigenvalue weighted by Gasteiger charge is 2.25. The van der Waals surface area contributed by atoms with Gasteiger partial charge in [-0.15, -0.1) is 0 Å². The van der Waals surface area contributed by atoms with Crippen molar-refractivity contribution in [3.05, 3.63) is 77.9 Å². The summed E-state index contributed by atoms with van der Waals surface area (Å²) in [6, 6.07) is 15.7. The second-order valence-corrected chi connectivity index (χ2v) is 7.14. The summed E-state index contributed by atoms with van der Waals surface area (Å²) < 4.78 is 5.53. The molecule has 0 aliphatic carbocycles. The third kappa shape index (κ3) is 3.64. The Labute approximate surface area is 164 Å². The first-order chi connectivity index (χ1) is 13.6. The van der Waals surface area contributed by atoms with Gasteiger partial charge >= 0.3 is 0 Å². The lowest BCUT2D eigenvalue weighted by Crippen LogP contribution is -2.29. The Morgan fingerprint density at radius 3 is 2.79 bits per heavy atom. The Morgan fingerprint density at radius 1 is 1.21 bits per heavy atom. The van der Waals surface area contributed by atoms with Crippen LogP contribution in [-0.2, 0) is 6.42 Å². The number of para-hydroxylation sites is 1. The van der Waals surface area contributed by atoms with Crippen molar-refractivity contribution in [1.82, 2.24) is 9.88 Å². The lowest BCUT2D eigenvalue weighted by Gasteiger charge is -2.23. The molecule has 0 spiro atoms. The third-order valence-corrected chi connectivity index (χ3v) is 5.11. The minimum absolute atomic E-state index is 0.00856. The molecular weight excluding hydrogens is 352 g/mol. The van der Waals surface area contributed by atoms with Gasteiger partial charge in [0.05, 0.1) is 17.9 Å². The first-order valence-electron chi connectivity index (χ1n) is 9.43. The molecule has 6 heteroatoms. The largest absolute Gasteiger partial charge is 0.468 e. The molecule has 1 N–H and O–H groups in total. The fraction of sp³-hybridized carbons (Fsp3) is 0.273. The quantitative estimate of drug-likeness (QED) is 0.712. The minimum Gasteiger partial charge on any atom is -0.468 e. The van der Waals surface area contributed by atoms with Crippen LogP contribution in [0, 0.1) is 0 Å². The molecule has 0 saturated heterocycles. The topological polar surface area (TPSA) is 61.6 Å². The number of carbonyl (C=O) groups excluding carboxylic acids is 1. The smallest absolute Gasteiger partial charge is 0.259 e. The number of nitrogens with one attached hydrogen (secondary N) is 1. The van der Waals surface area contributed by atoms with Crippen molar-refractivity contribution in [1.29, 1.82) is 0 Å². The first-order valence-corrected chi connectivity index (χ1v) is 9.43. The van der Waals surface area contributed by atoms with E-state index in [4.69, 9.17) is 4.42 Å². The maximum atomic E-state index is 12.9. The maximum absolute atomic E-state index is 12.9. The van der Waals surface area contributed by atoms with Crippen molar-refractivity contribution in [3.8, 4) is 0 Å². The van der Waals surface area contributed by atoms with Crippen LogP contribution in [0.4, 0.5) is 11.5 Å². The van der Waals surface area contributed by atoms with Gasteiger partial charge in [0.1, 0.15) is 11.6 Å². The number of anilines is 2. The summed E-state index contributed by atoms with van der Waals surface area (Å²) >= 11 is 0. The molecule has 0 fully saturated rings. The Balaban J connectivity index is 1.42. The normalized spacial score (nSPS) is 14.2. The van der Waals surface area contributed by atoms with E-state index in [1.54, 1.807) is 12.5 Å². The average Bonchev–Trinajstić information content (AvgIpc) is 3.38. The molecule has 3 aromatic rings. The summed E-state index contributed by atoms with van der Waals surface area (Å²) in [6.45, 7) is 1.37. The number of pyridine rings is 1. The predicted octanol–water partition coefficient (Wildman–Crippen LogP) is 3.59. The van der Waals surface area contributed by atoms with Crippen molar-refractivity contribution < 1.29 is 9.21 Å². The number of carbonyl (C=O) groups is 1. The van der Waals surface area contributed by atoms with Gasteiger partial charge < -0.3 is 14.6 Å². The minimum atomic E-state index is -0.00856. The fourth-order valence-electron chi connectivity index (χ4n) is 3.55. The Hall–Kier alpha value is -3.12. The van der Waals surface area contributed by atoms with E-state index in [1.165, 1.54) is 5.56 Å².